The molecule has 1 N–H and O–H groups in total. The second-order valence-electron chi connectivity index (χ2n) is 7.11. The van der Waals surface area contributed by atoms with Crippen molar-refractivity contribution in [2.75, 3.05) is 20.2 Å². The molecule has 0 saturated carbocycles. The van der Waals surface area contributed by atoms with Crippen LogP contribution in [0.4, 0.5) is 4.79 Å². The van der Waals surface area contributed by atoms with Crippen molar-refractivity contribution in [1.82, 2.24) is 10.2 Å². The number of likely N-dealkylation sites (N-methyl/N-ethyl adjacent to an activating group) is 1. The van der Waals surface area contributed by atoms with E-state index >= 15 is 0 Å². The van der Waals surface area contributed by atoms with Crippen LogP contribution in [0.1, 0.15) is 40.2 Å². The molecule has 0 radical (unpaired) electrons. The number of hydrogen-bond acceptors (Lipinski definition) is 4. The van der Waals surface area contributed by atoms with Gasteiger partial charge in [0.05, 0.1) is 6.54 Å². The van der Waals surface area contributed by atoms with Gasteiger partial charge in [-0.2, -0.15) is 0 Å². The molecule has 1 rings (SSSR count). The molecule has 0 bridgehead atoms. The van der Waals surface area contributed by atoms with Crippen LogP contribution in [0.2, 0.25) is 0 Å². The number of ether oxygens (including phenoxy) is 2. The molecule has 0 heterocycles. The summed E-state index contributed by atoms with van der Waals surface area (Å²) in [6, 6.07) is 7.87. The van der Waals surface area contributed by atoms with E-state index in [1.165, 1.54) is 0 Å². The Labute approximate surface area is 150 Å². The minimum Gasteiger partial charge on any atom is -0.492 e. The molecule has 0 aliphatic carbocycles. The van der Waals surface area contributed by atoms with E-state index in [4.69, 9.17) is 9.47 Å². The van der Waals surface area contributed by atoms with E-state index in [-0.39, 0.29) is 11.9 Å². The monoisotopic (exact) mass is 350 g/mol. The van der Waals surface area contributed by atoms with Gasteiger partial charge in [0.1, 0.15) is 18.0 Å². The fourth-order valence-corrected chi connectivity index (χ4v) is 2.19. The molecule has 1 aromatic carbocycles. The van der Waals surface area contributed by atoms with Crippen molar-refractivity contribution in [2.24, 2.45) is 0 Å². The quantitative estimate of drug-likeness (QED) is 0.768. The number of rotatable bonds is 7. The molecule has 0 aliphatic heterocycles. The molecule has 140 valence electrons. The van der Waals surface area contributed by atoms with Gasteiger partial charge < -0.3 is 19.7 Å². The Kier molecular flexibility index (Phi) is 7.74. The summed E-state index contributed by atoms with van der Waals surface area (Å²) in [7, 11) is 1.80. The van der Waals surface area contributed by atoms with Crippen molar-refractivity contribution in [3.63, 3.8) is 0 Å². The fourth-order valence-electron chi connectivity index (χ4n) is 2.19. The fraction of sp³-hybridized carbons (Fsp3) is 0.579. The predicted octanol–water partition coefficient (Wildman–Crippen LogP) is 3.00. The SMILES string of the molecule is CC(=O)N(C)[C@@H](C)Cc1cccc(OCCNC(=O)OC(C)(C)C)c1. The van der Waals surface area contributed by atoms with Crippen LogP contribution in [0.5, 0.6) is 5.75 Å². The maximum absolute atomic E-state index is 11.5. The van der Waals surface area contributed by atoms with Crippen LogP contribution in [0.25, 0.3) is 0 Å². The lowest BCUT2D eigenvalue weighted by atomic mass is 10.1. The molecule has 1 atom stereocenters. The molecule has 0 aromatic heterocycles. The summed E-state index contributed by atoms with van der Waals surface area (Å²) >= 11 is 0. The molecular weight excluding hydrogens is 320 g/mol. The lowest BCUT2D eigenvalue weighted by molar-refractivity contribution is -0.129. The van der Waals surface area contributed by atoms with Gasteiger partial charge >= 0.3 is 6.09 Å². The van der Waals surface area contributed by atoms with Crippen molar-refractivity contribution >= 4 is 12.0 Å². The second kappa shape index (κ2) is 9.30. The highest BCUT2D eigenvalue weighted by Crippen LogP contribution is 2.16. The predicted molar refractivity (Wildman–Crippen MR) is 97.8 cm³/mol. The van der Waals surface area contributed by atoms with Crippen molar-refractivity contribution in [3.8, 4) is 5.75 Å². The van der Waals surface area contributed by atoms with Crippen molar-refractivity contribution < 1.29 is 19.1 Å². The van der Waals surface area contributed by atoms with E-state index in [2.05, 4.69) is 5.32 Å². The molecular formula is C19H30N2O4. The maximum Gasteiger partial charge on any atom is 0.407 e. The Morgan fingerprint density at radius 1 is 1.28 bits per heavy atom. The van der Waals surface area contributed by atoms with Gasteiger partial charge in [-0.25, -0.2) is 4.79 Å². The smallest absolute Gasteiger partial charge is 0.407 e. The molecule has 0 saturated heterocycles. The Balaban J connectivity index is 2.43. The summed E-state index contributed by atoms with van der Waals surface area (Å²) in [5, 5.41) is 2.65. The lowest BCUT2D eigenvalue weighted by Gasteiger charge is -2.23. The van der Waals surface area contributed by atoms with E-state index in [0.29, 0.717) is 13.2 Å². The van der Waals surface area contributed by atoms with Crippen LogP contribution in [0, 0.1) is 0 Å². The van der Waals surface area contributed by atoms with E-state index < -0.39 is 11.7 Å². The molecule has 0 unspecified atom stereocenters. The van der Waals surface area contributed by atoms with E-state index in [1.807, 2.05) is 52.0 Å². The summed E-state index contributed by atoms with van der Waals surface area (Å²) in [5.41, 5.74) is 0.585. The normalized spacial score (nSPS) is 12.2. The molecule has 1 aromatic rings. The van der Waals surface area contributed by atoms with Gasteiger partial charge in [-0.05, 0) is 51.8 Å². The topological polar surface area (TPSA) is 67.9 Å². The van der Waals surface area contributed by atoms with Crippen LogP contribution in [0.15, 0.2) is 24.3 Å². The number of amides is 2. The molecule has 6 heteroatoms. The van der Waals surface area contributed by atoms with Crippen LogP contribution in [0.3, 0.4) is 0 Å². The third-order valence-corrected chi connectivity index (χ3v) is 3.63. The number of carbonyl (C=O) groups excluding carboxylic acids is 2. The zero-order valence-corrected chi connectivity index (χ0v) is 16.1. The Morgan fingerprint density at radius 3 is 2.56 bits per heavy atom. The first-order valence-electron chi connectivity index (χ1n) is 8.50. The maximum atomic E-state index is 11.5. The summed E-state index contributed by atoms with van der Waals surface area (Å²) in [6.45, 7) is 9.75. The van der Waals surface area contributed by atoms with Gasteiger partial charge in [0.25, 0.3) is 0 Å². The van der Waals surface area contributed by atoms with Gasteiger partial charge in [0, 0.05) is 20.0 Å². The summed E-state index contributed by atoms with van der Waals surface area (Å²) in [6.07, 6.45) is 0.301. The first-order chi connectivity index (χ1) is 11.6. The summed E-state index contributed by atoms with van der Waals surface area (Å²) < 4.78 is 10.8. The molecule has 2 amide bonds. The van der Waals surface area contributed by atoms with Crippen molar-refractivity contribution in [1.29, 1.82) is 0 Å². The number of benzene rings is 1. The minimum atomic E-state index is -0.511. The van der Waals surface area contributed by atoms with E-state index in [1.54, 1.807) is 18.9 Å². The van der Waals surface area contributed by atoms with Gasteiger partial charge in [-0.3, -0.25) is 4.79 Å². The first-order valence-corrected chi connectivity index (χ1v) is 8.50. The standard InChI is InChI=1S/C19H30N2O4/c1-14(21(6)15(2)22)12-16-8-7-9-17(13-16)24-11-10-20-18(23)25-19(3,4)5/h7-9,13-14H,10-12H2,1-6H3,(H,20,23)/t14-/m0/s1. The molecule has 0 aliphatic rings. The zero-order chi connectivity index (χ0) is 19.0. The van der Waals surface area contributed by atoms with E-state index in [0.717, 1.165) is 17.7 Å². The van der Waals surface area contributed by atoms with Crippen LogP contribution in [-0.2, 0) is 16.0 Å². The van der Waals surface area contributed by atoms with Crippen LogP contribution >= 0.6 is 0 Å². The van der Waals surface area contributed by atoms with Crippen molar-refractivity contribution in [2.45, 2.75) is 52.7 Å². The third kappa shape index (κ3) is 8.42. The lowest BCUT2D eigenvalue weighted by Crippen LogP contribution is -2.34. The largest absolute Gasteiger partial charge is 0.492 e. The third-order valence-electron chi connectivity index (χ3n) is 3.63. The summed E-state index contributed by atoms with van der Waals surface area (Å²) in [5.74, 6) is 0.786. The average Bonchev–Trinajstić information content (AvgIpc) is 2.49. The highest BCUT2D eigenvalue weighted by molar-refractivity contribution is 5.73. The number of alkyl carbamates (subject to hydrolysis) is 1. The second-order valence-corrected chi connectivity index (χ2v) is 7.11. The van der Waals surface area contributed by atoms with Gasteiger partial charge in [-0.1, -0.05) is 12.1 Å². The van der Waals surface area contributed by atoms with E-state index in [9.17, 15) is 9.59 Å². The van der Waals surface area contributed by atoms with Gasteiger partial charge in [0.15, 0.2) is 0 Å². The minimum absolute atomic E-state index is 0.0492. The van der Waals surface area contributed by atoms with Crippen molar-refractivity contribution in [3.05, 3.63) is 29.8 Å². The number of carbonyl (C=O) groups is 2. The molecule has 0 fully saturated rings. The number of hydrogen-bond donors (Lipinski definition) is 1. The highest BCUT2D eigenvalue weighted by Gasteiger charge is 2.15. The van der Waals surface area contributed by atoms with Gasteiger partial charge in [0.2, 0.25) is 5.91 Å². The van der Waals surface area contributed by atoms with Gasteiger partial charge in [-0.15, -0.1) is 0 Å². The molecule has 0 spiro atoms. The Morgan fingerprint density at radius 2 is 1.96 bits per heavy atom. The number of nitrogens with one attached hydrogen (secondary N) is 1. The zero-order valence-electron chi connectivity index (χ0n) is 16.1. The Hall–Kier alpha value is -2.24. The number of nitrogens with zero attached hydrogens (tertiary/aromatic N) is 1. The highest BCUT2D eigenvalue weighted by atomic mass is 16.6. The average molecular weight is 350 g/mol. The molecule has 6 nitrogen and oxygen atoms in total. The molecule has 25 heavy (non-hydrogen) atoms. The van der Waals surface area contributed by atoms with Crippen LogP contribution < -0.4 is 10.1 Å². The van der Waals surface area contributed by atoms with Crippen LogP contribution in [-0.4, -0.2) is 48.7 Å². The first kappa shape index (κ1) is 20.8. The summed E-state index contributed by atoms with van der Waals surface area (Å²) in [4.78, 5) is 24.7. The Bertz CT molecular complexity index is 581.